The van der Waals surface area contributed by atoms with Crippen molar-refractivity contribution in [1.29, 1.82) is 0 Å². The van der Waals surface area contributed by atoms with Gasteiger partial charge in [0.15, 0.2) is 0 Å². The third kappa shape index (κ3) is 4.29. The van der Waals surface area contributed by atoms with Gasteiger partial charge in [-0.3, -0.25) is 4.90 Å². The molecule has 1 aromatic rings. The standard InChI is InChI=1S/C18H28N2O/c1-18(21,16-7-3-2-4-8-16)14-20-11-5-6-15(13-20)12-19-17-9-10-17/h2-4,7-8,15,17,19,21H,5-6,9-14H2,1H3. The van der Waals surface area contributed by atoms with Crippen molar-refractivity contribution in [2.75, 3.05) is 26.2 Å². The molecule has 1 heterocycles. The first-order valence-corrected chi connectivity index (χ1v) is 8.37. The highest BCUT2D eigenvalue weighted by Crippen LogP contribution is 2.25. The highest BCUT2D eigenvalue weighted by atomic mass is 16.3. The molecule has 0 spiro atoms. The lowest BCUT2D eigenvalue weighted by Crippen LogP contribution is -2.46. The van der Waals surface area contributed by atoms with Crippen LogP contribution in [0.2, 0.25) is 0 Å². The second-order valence-corrected chi connectivity index (χ2v) is 7.07. The van der Waals surface area contributed by atoms with Crippen molar-refractivity contribution in [2.45, 2.75) is 44.2 Å². The number of piperidine rings is 1. The molecule has 2 fully saturated rings. The van der Waals surface area contributed by atoms with E-state index in [2.05, 4.69) is 10.2 Å². The molecule has 2 N–H and O–H groups in total. The number of benzene rings is 1. The van der Waals surface area contributed by atoms with E-state index in [0.29, 0.717) is 0 Å². The second-order valence-electron chi connectivity index (χ2n) is 7.07. The molecule has 2 aliphatic rings. The molecule has 1 aliphatic carbocycles. The molecule has 3 heteroatoms. The number of hydrogen-bond donors (Lipinski definition) is 2. The van der Waals surface area contributed by atoms with E-state index in [1.165, 1.54) is 25.7 Å². The summed E-state index contributed by atoms with van der Waals surface area (Å²) in [6.07, 6.45) is 5.30. The Balaban J connectivity index is 1.53. The van der Waals surface area contributed by atoms with Crippen LogP contribution >= 0.6 is 0 Å². The number of rotatable bonds is 6. The van der Waals surface area contributed by atoms with E-state index in [1.54, 1.807) is 0 Å². The average Bonchev–Trinajstić information content (AvgIpc) is 3.30. The largest absolute Gasteiger partial charge is 0.384 e. The Morgan fingerprint density at radius 1 is 1.24 bits per heavy atom. The Labute approximate surface area is 128 Å². The molecule has 1 aromatic carbocycles. The van der Waals surface area contributed by atoms with Gasteiger partial charge in [-0.2, -0.15) is 0 Å². The summed E-state index contributed by atoms with van der Waals surface area (Å²) in [4.78, 5) is 2.44. The van der Waals surface area contributed by atoms with E-state index in [9.17, 15) is 5.11 Å². The lowest BCUT2D eigenvalue weighted by Gasteiger charge is -2.37. The maximum Gasteiger partial charge on any atom is 0.0994 e. The van der Waals surface area contributed by atoms with Crippen LogP contribution in [0.3, 0.4) is 0 Å². The first kappa shape index (κ1) is 15.0. The third-order valence-electron chi connectivity index (χ3n) is 4.80. The van der Waals surface area contributed by atoms with Crippen molar-refractivity contribution in [3.05, 3.63) is 35.9 Å². The number of nitrogens with one attached hydrogen (secondary N) is 1. The molecule has 3 nitrogen and oxygen atoms in total. The summed E-state index contributed by atoms with van der Waals surface area (Å²) in [6, 6.07) is 10.9. The monoisotopic (exact) mass is 288 g/mol. The normalized spacial score (nSPS) is 26.5. The highest BCUT2D eigenvalue weighted by Gasteiger charge is 2.30. The van der Waals surface area contributed by atoms with E-state index < -0.39 is 5.60 Å². The fraction of sp³-hybridized carbons (Fsp3) is 0.667. The highest BCUT2D eigenvalue weighted by molar-refractivity contribution is 5.21. The Bertz CT molecular complexity index is 442. The number of likely N-dealkylation sites (tertiary alicyclic amines) is 1. The van der Waals surface area contributed by atoms with Crippen LogP contribution in [-0.2, 0) is 5.60 Å². The summed E-state index contributed by atoms with van der Waals surface area (Å²) in [5, 5.41) is 14.4. The molecule has 2 atom stereocenters. The molecule has 0 amide bonds. The van der Waals surface area contributed by atoms with E-state index in [1.807, 2.05) is 37.3 Å². The third-order valence-corrected chi connectivity index (χ3v) is 4.80. The van der Waals surface area contributed by atoms with Crippen LogP contribution in [-0.4, -0.2) is 42.2 Å². The number of nitrogens with zero attached hydrogens (tertiary/aromatic N) is 1. The topological polar surface area (TPSA) is 35.5 Å². The van der Waals surface area contributed by atoms with Gasteiger partial charge in [-0.25, -0.2) is 0 Å². The second kappa shape index (κ2) is 6.47. The summed E-state index contributed by atoms with van der Waals surface area (Å²) in [6.45, 7) is 6.05. The quantitative estimate of drug-likeness (QED) is 0.843. The smallest absolute Gasteiger partial charge is 0.0994 e. The zero-order valence-corrected chi connectivity index (χ0v) is 13.1. The molecule has 21 heavy (non-hydrogen) atoms. The van der Waals surface area contributed by atoms with Gasteiger partial charge in [-0.1, -0.05) is 30.3 Å². The summed E-state index contributed by atoms with van der Waals surface area (Å²) in [7, 11) is 0. The molecule has 1 aliphatic heterocycles. The van der Waals surface area contributed by atoms with Crippen molar-refractivity contribution < 1.29 is 5.11 Å². The summed E-state index contributed by atoms with van der Waals surface area (Å²) in [5.41, 5.74) is 0.260. The summed E-state index contributed by atoms with van der Waals surface area (Å²) in [5.74, 6) is 0.742. The molecule has 0 bridgehead atoms. The van der Waals surface area contributed by atoms with E-state index >= 15 is 0 Å². The van der Waals surface area contributed by atoms with Crippen molar-refractivity contribution in [1.82, 2.24) is 10.2 Å². The van der Waals surface area contributed by atoms with Gasteiger partial charge >= 0.3 is 0 Å². The summed E-state index contributed by atoms with van der Waals surface area (Å²) < 4.78 is 0. The fourth-order valence-corrected chi connectivity index (χ4v) is 3.41. The molecular formula is C18H28N2O. The lowest BCUT2D eigenvalue weighted by atomic mass is 9.92. The Morgan fingerprint density at radius 2 is 2.00 bits per heavy atom. The van der Waals surface area contributed by atoms with Gasteiger partial charge in [0.1, 0.15) is 0 Å². The molecule has 0 aromatic heterocycles. The van der Waals surface area contributed by atoms with Crippen molar-refractivity contribution in [3.63, 3.8) is 0 Å². The minimum atomic E-state index is -0.757. The van der Waals surface area contributed by atoms with Crippen LogP contribution in [0.15, 0.2) is 30.3 Å². The molecule has 3 rings (SSSR count). The predicted molar refractivity (Wildman–Crippen MR) is 86.2 cm³/mol. The number of β-amino-alcohol motifs (C(OH)–C–C–N with tert-alkyl or cyclic N) is 1. The van der Waals surface area contributed by atoms with E-state index in [-0.39, 0.29) is 0 Å². The average molecular weight is 288 g/mol. The molecule has 1 saturated heterocycles. The summed E-state index contributed by atoms with van der Waals surface area (Å²) >= 11 is 0. The van der Waals surface area contributed by atoms with Crippen molar-refractivity contribution in [3.8, 4) is 0 Å². The van der Waals surface area contributed by atoms with Gasteiger partial charge in [0.25, 0.3) is 0 Å². The minimum Gasteiger partial charge on any atom is -0.384 e. The molecule has 116 valence electrons. The van der Waals surface area contributed by atoms with Gasteiger partial charge in [0.05, 0.1) is 5.60 Å². The maximum absolute atomic E-state index is 10.8. The van der Waals surface area contributed by atoms with Gasteiger partial charge in [0, 0.05) is 19.1 Å². The van der Waals surface area contributed by atoms with E-state index in [0.717, 1.165) is 43.7 Å². The molecule has 2 unspecified atom stereocenters. The lowest BCUT2D eigenvalue weighted by molar-refractivity contribution is 0.00324. The maximum atomic E-state index is 10.8. The van der Waals surface area contributed by atoms with Crippen molar-refractivity contribution in [2.24, 2.45) is 5.92 Å². The van der Waals surface area contributed by atoms with E-state index in [4.69, 9.17) is 0 Å². The van der Waals surface area contributed by atoms with Gasteiger partial charge in [-0.05, 0) is 57.2 Å². The van der Waals surface area contributed by atoms with Crippen LogP contribution in [0, 0.1) is 5.92 Å². The van der Waals surface area contributed by atoms with Gasteiger partial charge < -0.3 is 10.4 Å². The minimum absolute atomic E-state index is 0.733. The Kier molecular flexibility index (Phi) is 4.63. The molecule has 1 saturated carbocycles. The fourth-order valence-electron chi connectivity index (χ4n) is 3.41. The zero-order chi connectivity index (χ0) is 14.7. The van der Waals surface area contributed by atoms with Crippen molar-refractivity contribution >= 4 is 0 Å². The van der Waals surface area contributed by atoms with Crippen LogP contribution in [0.25, 0.3) is 0 Å². The number of hydrogen-bond acceptors (Lipinski definition) is 3. The van der Waals surface area contributed by atoms with Gasteiger partial charge in [0.2, 0.25) is 0 Å². The predicted octanol–water partition coefficient (Wildman–Crippen LogP) is 2.36. The molecule has 0 radical (unpaired) electrons. The van der Waals surface area contributed by atoms with Crippen LogP contribution in [0.5, 0.6) is 0 Å². The van der Waals surface area contributed by atoms with Crippen LogP contribution in [0.4, 0.5) is 0 Å². The first-order valence-electron chi connectivity index (χ1n) is 8.37. The number of aliphatic hydroxyl groups is 1. The molecular weight excluding hydrogens is 260 g/mol. The van der Waals surface area contributed by atoms with Crippen LogP contribution in [0.1, 0.15) is 38.2 Å². The van der Waals surface area contributed by atoms with Gasteiger partial charge in [-0.15, -0.1) is 0 Å². The zero-order valence-electron chi connectivity index (χ0n) is 13.1. The Morgan fingerprint density at radius 3 is 2.71 bits per heavy atom. The van der Waals surface area contributed by atoms with Crippen LogP contribution < -0.4 is 5.32 Å². The Hall–Kier alpha value is -0.900. The first-order chi connectivity index (χ1) is 10.1. The SMILES string of the molecule is CC(O)(CN1CCCC(CNC2CC2)C1)c1ccccc1.